The lowest BCUT2D eigenvalue weighted by Crippen LogP contribution is -2.33. The van der Waals surface area contributed by atoms with Crippen molar-refractivity contribution in [1.29, 1.82) is 0 Å². The van der Waals surface area contributed by atoms with E-state index in [9.17, 15) is 4.79 Å². The third-order valence-electron chi connectivity index (χ3n) is 4.16. The van der Waals surface area contributed by atoms with Crippen molar-refractivity contribution in [2.24, 2.45) is 0 Å². The fourth-order valence-corrected chi connectivity index (χ4v) is 3.20. The minimum absolute atomic E-state index is 0.0662. The van der Waals surface area contributed by atoms with Gasteiger partial charge in [-0.1, -0.05) is 30.4 Å². The number of H-pyrrole nitrogens is 1. The Labute approximate surface area is 119 Å². The average Bonchev–Trinajstić information content (AvgIpc) is 2.55. The lowest BCUT2D eigenvalue weighted by atomic mass is 9.86. The lowest BCUT2D eigenvalue weighted by Gasteiger charge is -2.24. The van der Waals surface area contributed by atoms with Crippen LogP contribution < -0.4 is 5.32 Å². The molecule has 2 aliphatic rings. The first-order chi connectivity index (χ1) is 9.56. The van der Waals surface area contributed by atoms with Gasteiger partial charge in [0.15, 0.2) is 0 Å². The summed E-state index contributed by atoms with van der Waals surface area (Å²) in [6, 6.07) is 0. The molecule has 1 aliphatic carbocycles. The van der Waals surface area contributed by atoms with E-state index in [1.54, 1.807) is 0 Å². The smallest absolute Gasteiger partial charge is 0.231 e. The van der Waals surface area contributed by atoms with Crippen molar-refractivity contribution in [2.45, 2.75) is 39.0 Å². The molecule has 1 fully saturated rings. The number of aryl methyl sites for hydroxylation is 1. The quantitative estimate of drug-likeness (QED) is 0.806. The predicted octanol–water partition coefficient (Wildman–Crippen LogP) is 3.35. The molecule has 1 atom stereocenters. The Morgan fingerprint density at radius 2 is 2.15 bits per heavy atom. The number of aromatic nitrogens is 1. The van der Waals surface area contributed by atoms with Gasteiger partial charge in [0.05, 0.1) is 5.92 Å². The molecule has 3 rings (SSSR count). The minimum Gasteiger partial charge on any atom is -0.361 e. The minimum atomic E-state index is -0.0662. The number of amides is 1. The number of carbonyl (C=O) groups excluding carboxylic acids is 1. The molecule has 0 spiro atoms. The topological polar surface area (TPSA) is 44.9 Å². The molecule has 2 N–H and O–H groups in total. The molecule has 0 bridgehead atoms. The van der Waals surface area contributed by atoms with E-state index in [1.165, 1.54) is 16.8 Å². The molecule has 1 aromatic heterocycles. The molecule has 1 aromatic rings. The average molecular weight is 268 g/mol. The fraction of sp³-hybridized carbons (Fsp3) is 0.353. The molecule has 2 heterocycles. The van der Waals surface area contributed by atoms with Crippen LogP contribution in [0, 0.1) is 6.92 Å². The van der Waals surface area contributed by atoms with Crippen LogP contribution in [0.4, 0.5) is 0 Å². The molecule has 3 heteroatoms. The molecule has 0 aromatic carbocycles. The SMILES string of the molecule is C=C1CCC(c2c(C)[nH]c3c2C=CC=C(C)C3)C(=O)N1. The van der Waals surface area contributed by atoms with Gasteiger partial charge >= 0.3 is 0 Å². The summed E-state index contributed by atoms with van der Waals surface area (Å²) in [5.41, 5.74) is 6.85. The van der Waals surface area contributed by atoms with Gasteiger partial charge in [-0.3, -0.25) is 4.79 Å². The number of rotatable bonds is 1. The highest BCUT2D eigenvalue weighted by atomic mass is 16.2. The maximum Gasteiger partial charge on any atom is 0.231 e. The van der Waals surface area contributed by atoms with Gasteiger partial charge in [-0.15, -0.1) is 0 Å². The van der Waals surface area contributed by atoms with Crippen molar-refractivity contribution in [3.8, 4) is 0 Å². The summed E-state index contributed by atoms with van der Waals surface area (Å²) in [6.07, 6.45) is 8.96. The Balaban J connectivity index is 2.03. The summed E-state index contributed by atoms with van der Waals surface area (Å²) >= 11 is 0. The molecule has 1 saturated heterocycles. The number of aromatic amines is 1. The largest absolute Gasteiger partial charge is 0.361 e. The van der Waals surface area contributed by atoms with Gasteiger partial charge < -0.3 is 10.3 Å². The Morgan fingerprint density at radius 1 is 1.35 bits per heavy atom. The van der Waals surface area contributed by atoms with Crippen molar-refractivity contribution >= 4 is 12.0 Å². The first-order valence-electron chi connectivity index (χ1n) is 7.10. The van der Waals surface area contributed by atoms with E-state index in [0.29, 0.717) is 0 Å². The lowest BCUT2D eigenvalue weighted by molar-refractivity contribution is -0.122. The van der Waals surface area contributed by atoms with E-state index in [4.69, 9.17) is 0 Å². The molecule has 1 amide bonds. The van der Waals surface area contributed by atoms with Crippen molar-refractivity contribution in [2.75, 3.05) is 0 Å². The summed E-state index contributed by atoms with van der Waals surface area (Å²) in [6.45, 7) is 8.05. The van der Waals surface area contributed by atoms with Gasteiger partial charge in [-0.2, -0.15) is 0 Å². The predicted molar refractivity (Wildman–Crippen MR) is 81.3 cm³/mol. The number of allylic oxidation sites excluding steroid dienone is 4. The Morgan fingerprint density at radius 3 is 2.90 bits per heavy atom. The van der Waals surface area contributed by atoms with E-state index >= 15 is 0 Å². The van der Waals surface area contributed by atoms with Crippen LogP contribution in [-0.4, -0.2) is 10.9 Å². The maximum atomic E-state index is 12.3. The van der Waals surface area contributed by atoms with E-state index in [-0.39, 0.29) is 11.8 Å². The molecule has 1 aliphatic heterocycles. The highest BCUT2D eigenvalue weighted by Gasteiger charge is 2.30. The molecular formula is C17H20N2O. The van der Waals surface area contributed by atoms with Crippen LogP contribution in [0.1, 0.15) is 48.2 Å². The third kappa shape index (κ3) is 2.13. The van der Waals surface area contributed by atoms with Crippen LogP contribution in [0.5, 0.6) is 0 Å². The van der Waals surface area contributed by atoms with Crippen molar-refractivity contribution in [3.63, 3.8) is 0 Å². The zero-order chi connectivity index (χ0) is 14.3. The van der Waals surface area contributed by atoms with Crippen LogP contribution in [0.2, 0.25) is 0 Å². The zero-order valence-corrected chi connectivity index (χ0v) is 12.0. The number of carbonyl (C=O) groups is 1. The fourth-order valence-electron chi connectivity index (χ4n) is 3.20. The van der Waals surface area contributed by atoms with Crippen molar-refractivity contribution < 1.29 is 4.79 Å². The molecular weight excluding hydrogens is 248 g/mol. The summed E-state index contributed by atoms with van der Waals surface area (Å²) < 4.78 is 0. The Hall–Kier alpha value is -2.03. The van der Waals surface area contributed by atoms with E-state index in [1.807, 2.05) is 0 Å². The zero-order valence-electron chi connectivity index (χ0n) is 12.0. The number of hydrogen-bond acceptors (Lipinski definition) is 1. The van der Waals surface area contributed by atoms with Gasteiger partial charge in [0.2, 0.25) is 5.91 Å². The number of fused-ring (bicyclic) bond motifs is 1. The van der Waals surface area contributed by atoms with Crippen LogP contribution in [0.3, 0.4) is 0 Å². The van der Waals surface area contributed by atoms with Gasteiger partial charge in [0, 0.05) is 23.5 Å². The van der Waals surface area contributed by atoms with E-state index < -0.39 is 0 Å². The maximum absolute atomic E-state index is 12.3. The molecule has 3 nitrogen and oxygen atoms in total. The van der Waals surface area contributed by atoms with Crippen LogP contribution in [0.25, 0.3) is 6.08 Å². The second-order valence-corrected chi connectivity index (χ2v) is 5.79. The van der Waals surface area contributed by atoms with Crippen molar-refractivity contribution in [1.82, 2.24) is 10.3 Å². The van der Waals surface area contributed by atoms with Gasteiger partial charge in [-0.05, 0) is 37.8 Å². The molecule has 0 radical (unpaired) electrons. The number of piperidine rings is 1. The van der Waals surface area contributed by atoms with E-state index in [2.05, 4.69) is 49.0 Å². The summed E-state index contributed by atoms with van der Waals surface area (Å²) in [4.78, 5) is 15.7. The number of hydrogen-bond donors (Lipinski definition) is 2. The Bertz CT molecular complexity index is 646. The van der Waals surface area contributed by atoms with Crippen LogP contribution >= 0.6 is 0 Å². The van der Waals surface area contributed by atoms with Crippen LogP contribution in [-0.2, 0) is 11.2 Å². The first kappa shape index (κ1) is 13.0. The molecule has 0 saturated carbocycles. The second-order valence-electron chi connectivity index (χ2n) is 5.79. The van der Waals surface area contributed by atoms with Gasteiger partial charge in [0.25, 0.3) is 0 Å². The normalized spacial score (nSPS) is 22.1. The summed E-state index contributed by atoms with van der Waals surface area (Å²) in [5, 5.41) is 2.89. The standard InChI is InChI=1S/C17H20N2O/c1-10-5-4-6-13-15(9-10)19-12(3)16(13)14-8-7-11(2)18-17(14)20/h4-6,14,19H,2,7-9H2,1,3H3,(H,18,20). The Kier molecular flexibility index (Phi) is 3.13. The highest BCUT2D eigenvalue weighted by molar-refractivity contribution is 5.88. The number of nitrogens with one attached hydrogen (secondary N) is 2. The first-order valence-corrected chi connectivity index (χ1v) is 7.10. The van der Waals surface area contributed by atoms with Crippen molar-refractivity contribution in [3.05, 3.63) is 52.5 Å². The van der Waals surface area contributed by atoms with Crippen LogP contribution in [0.15, 0.2) is 30.0 Å². The molecule has 104 valence electrons. The second kappa shape index (κ2) is 4.82. The van der Waals surface area contributed by atoms with Gasteiger partial charge in [-0.25, -0.2) is 0 Å². The van der Waals surface area contributed by atoms with Gasteiger partial charge in [0.1, 0.15) is 0 Å². The highest BCUT2D eigenvalue weighted by Crippen LogP contribution is 2.35. The van der Waals surface area contributed by atoms with E-state index in [0.717, 1.165) is 36.2 Å². The molecule has 20 heavy (non-hydrogen) atoms. The third-order valence-corrected chi connectivity index (χ3v) is 4.16. The summed E-state index contributed by atoms with van der Waals surface area (Å²) in [7, 11) is 0. The monoisotopic (exact) mass is 268 g/mol. The summed E-state index contributed by atoms with van der Waals surface area (Å²) in [5.74, 6) is 0.0111. The molecule has 1 unspecified atom stereocenters.